The van der Waals surface area contributed by atoms with E-state index in [-0.39, 0.29) is 37.4 Å². The van der Waals surface area contributed by atoms with E-state index in [4.69, 9.17) is 9.47 Å². The summed E-state index contributed by atoms with van der Waals surface area (Å²) in [7, 11) is 0. The van der Waals surface area contributed by atoms with Crippen molar-refractivity contribution in [2.24, 2.45) is 5.92 Å². The van der Waals surface area contributed by atoms with E-state index < -0.39 is 18.0 Å². The molecule has 0 aromatic heterocycles. The van der Waals surface area contributed by atoms with Crippen LogP contribution in [0.25, 0.3) is 0 Å². The highest BCUT2D eigenvalue weighted by Gasteiger charge is 2.28. The summed E-state index contributed by atoms with van der Waals surface area (Å²) >= 11 is 0. The van der Waals surface area contributed by atoms with Crippen LogP contribution in [0.5, 0.6) is 0 Å². The number of carbonyl (C=O) groups is 4. The van der Waals surface area contributed by atoms with Gasteiger partial charge in [-0.3, -0.25) is 14.9 Å². The fraction of sp³-hybridized carbons (Fsp3) is 0.524. The topological polar surface area (TPSA) is 102 Å². The number of anilines is 1. The van der Waals surface area contributed by atoms with E-state index in [1.54, 1.807) is 24.3 Å². The molecule has 1 aliphatic rings. The molecule has 0 spiro atoms. The van der Waals surface area contributed by atoms with Crippen LogP contribution in [0.15, 0.2) is 24.3 Å². The van der Waals surface area contributed by atoms with Gasteiger partial charge in [0.05, 0.1) is 11.5 Å². The molecule has 1 aliphatic carbocycles. The van der Waals surface area contributed by atoms with Crippen molar-refractivity contribution in [1.29, 1.82) is 0 Å². The minimum absolute atomic E-state index is 0.0122. The van der Waals surface area contributed by atoms with Gasteiger partial charge in [-0.05, 0) is 37.4 Å². The van der Waals surface area contributed by atoms with Crippen LogP contribution in [0, 0.1) is 5.92 Å². The molecule has 1 saturated carbocycles. The van der Waals surface area contributed by atoms with Crippen molar-refractivity contribution in [3.05, 3.63) is 29.8 Å². The van der Waals surface area contributed by atoms with Gasteiger partial charge in [0.15, 0.2) is 0 Å². The van der Waals surface area contributed by atoms with Crippen LogP contribution in [0.3, 0.4) is 0 Å². The summed E-state index contributed by atoms with van der Waals surface area (Å²) in [4.78, 5) is 49.3. The molecule has 1 fully saturated rings. The Bertz CT molecular complexity index is 727. The third-order valence-electron chi connectivity index (χ3n) is 4.90. The van der Waals surface area contributed by atoms with Crippen LogP contribution in [-0.2, 0) is 19.1 Å². The number of amides is 1. The Kier molecular flexibility index (Phi) is 8.79. The van der Waals surface area contributed by atoms with Crippen molar-refractivity contribution in [1.82, 2.24) is 4.90 Å². The van der Waals surface area contributed by atoms with Crippen molar-refractivity contribution >= 4 is 29.3 Å². The smallest absolute Gasteiger partial charge is 0.411 e. The molecule has 8 heteroatoms. The molecule has 0 radical (unpaired) electrons. The average molecular weight is 404 g/mol. The lowest BCUT2D eigenvalue weighted by atomic mass is 9.88. The summed E-state index contributed by atoms with van der Waals surface area (Å²) in [5, 5.41) is 2.53. The van der Waals surface area contributed by atoms with Crippen LogP contribution in [0.4, 0.5) is 10.5 Å². The molecule has 2 rings (SSSR count). The normalized spacial score (nSPS) is 16.6. The summed E-state index contributed by atoms with van der Waals surface area (Å²) in [5.74, 6) is -1.03. The second-order valence-corrected chi connectivity index (χ2v) is 6.87. The fourth-order valence-electron chi connectivity index (χ4n) is 3.02. The Labute approximate surface area is 170 Å². The summed E-state index contributed by atoms with van der Waals surface area (Å²) in [5.41, 5.74) is 0.829. The molecule has 1 unspecified atom stereocenters. The second kappa shape index (κ2) is 11.3. The number of nitrogens with zero attached hydrogens (tertiary/aromatic N) is 1. The SMILES string of the molecule is CCN(CC)CCOC(=O)c1ccc(NC(=O)OCC2CC(=O)CCC2=O)cc1. The molecular formula is C21H28N2O6. The van der Waals surface area contributed by atoms with Gasteiger partial charge in [0.25, 0.3) is 0 Å². The maximum atomic E-state index is 12.1. The highest BCUT2D eigenvalue weighted by atomic mass is 16.5. The Morgan fingerprint density at radius 3 is 2.41 bits per heavy atom. The number of nitrogens with one attached hydrogen (secondary N) is 1. The summed E-state index contributed by atoms with van der Waals surface area (Å²) < 4.78 is 10.3. The lowest BCUT2D eigenvalue weighted by Gasteiger charge is -2.19. The van der Waals surface area contributed by atoms with Crippen molar-refractivity contribution < 1.29 is 28.7 Å². The van der Waals surface area contributed by atoms with E-state index >= 15 is 0 Å². The van der Waals surface area contributed by atoms with E-state index in [0.29, 0.717) is 24.4 Å². The number of rotatable bonds is 9. The largest absolute Gasteiger partial charge is 0.461 e. The zero-order valence-electron chi connectivity index (χ0n) is 16.9. The standard InChI is InChI=1S/C21H28N2O6/c1-3-23(4-2)11-12-28-20(26)15-5-7-17(8-6-15)22-21(27)29-14-16-13-18(24)9-10-19(16)25/h5-8,16H,3-4,9-14H2,1-2H3,(H,22,27). The number of Topliss-reactive ketones (excluding diaryl/α,β-unsaturated/α-hetero) is 2. The fourth-order valence-corrected chi connectivity index (χ4v) is 3.02. The Morgan fingerprint density at radius 2 is 1.76 bits per heavy atom. The average Bonchev–Trinajstić information content (AvgIpc) is 2.72. The molecule has 158 valence electrons. The van der Waals surface area contributed by atoms with Gasteiger partial charge in [-0.25, -0.2) is 9.59 Å². The number of likely N-dealkylation sites (N-methyl/N-ethyl adjacent to an activating group) is 1. The molecule has 0 heterocycles. The van der Waals surface area contributed by atoms with E-state index in [9.17, 15) is 19.2 Å². The Hall–Kier alpha value is -2.74. The van der Waals surface area contributed by atoms with Crippen molar-refractivity contribution in [2.45, 2.75) is 33.1 Å². The number of esters is 1. The third kappa shape index (κ3) is 7.30. The minimum atomic E-state index is -0.717. The Balaban J connectivity index is 1.76. The first-order valence-electron chi connectivity index (χ1n) is 9.90. The number of ether oxygens (including phenoxy) is 2. The first kappa shape index (κ1) is 22.5. The van der Waals surface area contributed by atoms with Gasteiger partial charge in [0.1, 0.15) is 24.8 Å². The molecule has 8 nitrogen and oxygen atoms in total. The van der Waals surface area contributed by atoms with Gasteiger partial charge in [0.2, 0.25) is 0 Å². The quantitative estimate of drug-likeness (QED) is 0.631. The number of ketones is 2. The minimum Gasteiger partial charge on any atom is -0.461 e. The van der Waals surface area contributed by atoms with E-state index in [2.05, 4.69) is 24.1 Å². The second-order valence-electron chi connectivity index (χ2n) is 6.87. The van der Waals surface area contributed by atoms with Gasteiger partial charge in [0, 0.05) is 31.5 Å². The highest BCUT2D eigenvalue weighted by molar-refractivity contribution is 5.95. The van der Waals surface area contributed by atoms with Gasteiger partial charge >= 0.3 is 12.1 Å². The monoisotopic (exact) mass is 404 g/mol. The van der Waals surface area contributed by atoms with Gasteiger partial charge in [-0.2, -0.15) is 0 Å². The van der Waals surface area contributed by atoms with Crippen LogP contribution < -0.4 is 5.32 Å². The van der Waals surface area contributed by atoms with Crippen LogP contribution in [0.1, 0.15) is 43.5 Å². The van der Waals surface area contributed by atoms with Crippen LogP contribution in [0.2, 0.25) is 0 Å². The van der Waals surface area contributed by atoms with E-state index in [0.717, 1.165) is 13.1 Å². The molecule has 1 N–H and O–H groups in total. The van der Waals surface area contributed by atoms with E-state index in [1.807, 2.05) is 0 Å². The molecule has 1 aromatic carbocycles. The van der Waals surface area contributed by atoms with Crippen LogP contribution >= 0.6 is 0 Å². The molecular weight excluding hydrogens is 376 g/mol. The number of hydrogen-bond donors (Lipinski definition) is 1. The van der Waals surface area contributed by atoms with Gasteiger partial charge < -0.3 is 14.4 Å². The zero-order valence-corrected chi connectivity index (χ0v) is 16.9. The highest BCUT2D eigenvalue weighted by Crippen LogP contribution is 2.18. The molecule has 0 aliphatic heterocycles. The number of benzene rings is 1. The molecule has 1 amide bonds. The zero-order chi connectivity index (χ0) is 21.2. The first-order chi connectivity index (χ1) is 13.9. The maximum Gasteiger partial charge on any atom is 0.411 e. The maximum absolute atomic E-state index is 12.1. The summed E-state index contributed by atoms with van der Waals surface area (Å²) in [6, 6.07) is 6.24. The number of hydrogen-bond acceptors (Lipinski definition) is 7. The summed E-state index contributed by atoms with van der Waals surface area (Å²) in [6.45, 7) is 6.77. The lowest BCUT2D eigenvalue weighted by molar-refractivity contribution is -0.134. The van der Waals surface area contributed by atoms with Gasteiger partial charge in [-0.1, -0.05) is 13.8 Å². The first-order valence-corrected chi connectivity index (χ1v) is 9.90. The predicted octanol–water partition coefficient (Wildman–Crippen LogP) is 2.67. The van der Waals surface area contributed by atoms with Crippen LogP contribution in [-0.4, -0.2) is 61.4 Å². The van der Waals surface area contributed by atoms with Gasteiger partial charge in [-0.15, -0.1) is 0 Å². The molecule has 29 heavy (non-hydrogen) atoms. The van der Waals surface area contributed by atoms with Crippen molar-refractivity contribution in [3.63, 3.8) is 0 Å². The molecule has 1 aromatic rings. The molecule has 0 saturated heterocycles. The summed E-state index contributed by atoms with van der Waals surface area (Å²) in [6.07, 6.45) is -0.116. The molecule has 0 bridgehead atoms. The lowest BCUT2D eigenvalue weighted by Crippen LogP contribution is -2.30. The predicted molar refractivity (Wildman–Crippen MR) is 107 cm³/mol. The van der Waals surface area contributed by atoms with Crippen molar-refractivity contribution in [3.8, 4) is 0 Å². The molecule has 1 atom stereocenters. The van der Waals surface area contributed by atoms with E-state index in [1.165, 1.54) is 0 Å². The van der Waals surface area contributed by atoms with Crippen molar-refractivity contribution in [2.75, 3.05) is 38.2 Å². The Morgan fingerprint density at radius 1 is 1.07 bits per heavy atom. The number of carbonyl (C=O) groups excluding carboxylic acids is 4. The third-order valence-corrected chi connectivity index (χ3v) is 4.90.